The number of carbonyl (C=O) groups is 3. The summed E-state index contributed by atoms with van der Waals surface area (Å²) in [6.45, 7) is 3.87. The third-order valence-corrected chi connectivity index (χ3v) is 5.06. The highest BCUT2D eigenvalue weighted by Crippen LogP contribution is 2.26. The standard InChI is InChI=1S/C22H30ClNO6/c1-15(2)21(29-20(26)16-7-4-3-5-8-16)30-22(27)24-14-6-9-19(25)28-18-12-10-17(23)11-13-18/h10-13,15-16,21H,3-9,14H2,1-2H3,(H,24,27). The van der Waals surface area contributed by atoms with Gasteiger partial charge in [0, 0.05) is 23.9 Å². The molecule has 30 heavy (non-hydrogen) atoms. The van der Waals surface area contributed by atoms with Crippen molar-refractivity contribution >= 4 is 29.6 Å². The lowest BCUT2D eigenvalue weighted by Gasteiger charge is -2.25. The molecule has 0 saturated heterocycles. The molecule has 0 radical (unpaired) electrons. The summed E-state index contributed by atoms with van der Waals surface area (Å²) in [6, 6.07) is 6.48. The molecular weight excluding hydrogens is 410 g/mol. The van der Waals surface area contributed by atoms with Crippen molar-refractivity contribution in [3.63, 3.8) is 0 Å². The van der Waals surface area contributed by atoms with Gasteiger partial charge in [0.1, 0.15) is 5.75 Å². The van der Waals surface area contributed by atoms with Gasteiger partial charge < -0.3 is 19.5 Å². The molecule has 7 nitrogen and oxygen atoms in total. The molecule has 1 aromatic carbocycles. The van der Waals surface area contributed by atoms with E-state index >= 15 is 0 Å². The van der Waals surface area contributed by atoms with Crippen LogP contribution in [-0.4, -0.2) is 30.9 Å². The third kappa shape index (κ3) is 8.61. The monoisotopic (exact) mass is 439 g/mol. The number of ether oxygens (including phenoxy) is 3. The maximum absolute atomic E-state index is 12.3. The van der Waals surface area contributed by atoms with E-state index in [4.69, 9.17) is 25.8 Å². The van der Waals surface area contributed by atoms with E-state index in [1.54, 1.807) is 24.3 Å². The summed E-state index contributed by atoms with van der Waals surface area (Å²) in [7, 11) is 0. The van der Waals surface area contributed by atoms with E-state index in [9.17, 15) is 14.4 Å². The first kappa shape index (κ1) is 24.0. The van der Waals surface area contributed by atoms with Crippen LogP contribution in [0, 0.1) is 11.8 Å². The van der Waals surface area contributed by atoms with Crippen LogP contribution in [0.5, 0.6) is 5.75 Å². The second kappa shape index (κ2) is 12.4. The molecule has 1 saturated carbocycles. The smallest absolute Gasteiger partial charge is 0.410 e. The quantitative estimate of drug-likeness (QED) is 0.256. The number of hydrogen-bond acceptors (Lipinski definition) is 6. The summed E-state index contributed by atoms with van der Waals surface area (Å²) in [6.07, 6.45) is 3.73. The molecule has 0 heterocycles. The molecule has 0 aliphatic heterocycles. The first-order valence-electron chi connectivity index (χ1n) is 10.5. The zero-order chi connectivity index (χ0) is 21.9. The van der Waals surface area contributed by atoms with Gasteiger partial charge in [-0.15, -0.1) is 0 Å². The van der Waals surface area contributed by atoms with Crippen LogP contribution in [0.4, 0.5) is 4.79 Å². The van der Waals surface area contributed by atoms with E-state index < -0.39 is 18.4 Å². The Hall–Kier alpha value is -2.28. The van der Waals surface area contributed by atoms with Crippen molar-refractivity contribution in [2.45, 2.75) is 65.1 Å². The summed E-state index contributed by atoms with van der Waals surface area (Å²) in [5, 5.41) is 3.13. The molecule has 0 bridgehead atoms. The minimum absolute atomic E-state index is 0.113. The Morgan fingerprint density at radius 1 is 1.07 bits per heavy atom. The Labute approximate surface area is 182 Å². The second-order valence-corrected chi connectivity index (χ2v) is 8.18. The van der Waals surface area contributed by atoms with E-state index in [2.05, 4.69) is 5.32 Å². The first-order valence-corrected chi connectivity index (χ1v) is 10.8. The van der Waals surface area contributed by atoms with Crippen LogP contribution < -0.4 is 10.1 Å². The van der Waals surface area contributed by atoms with Gasteiger partial charge in [0.25, 0.3) is 6.29 Å². The van der Waals surface area contributed by atoms with E-state index in [0.29, 0.717) is 17.2 Å². The maximum Gasteiger partial charge on any atom is 0.410 e. The molecular formula is C22H30ClNO6. The number of esters is 2. The largest absolute Gasteiger partial charge is 0.427 e. The van der Waals surface area contributed by atoms with Gasteiger partial charge >= 0.3 is 18.0 Å². The molecule has 166 valence electrons. The lowest BCUT2D eigenvalue weighted by molar-refractivity contribution is -0.180. The Bertz CT molecular complexity index is 700. The topological polar surface area (TPSA) is 90.9 Å². The number of nitrogens with one attached hydrogen (secondary N) is 1. The summed E-state index contributed by atoms with van der Waals surface area (Å²) in [5.41, 5.74) is 0. The summed E-state index contributed by atoms with van der Waals surface area (Å²) >= 11 is 5.78. The summed E-state index contributed by atoms with van der Waals surface area (Å²) < 4.78 is 15.9. The lowest BCUT2D eigenvalue weighted by Crippen LogP contribution is -2.36. The van der Waals surface area contributed by atoms with Gasteiger partial charge in [-0.05, 0) is 43.5 Å². The van der Waals surface area contributed by atoms with Crippen LogP contribution in [0.3, 0.4) is 0 Å². The van der Waals surface area contributed by atoms with Crippen LogP contribution >= 0.6 is 11.6 Å². The molecule has 0 spiro atoms. The number of benzene rings is 1. The molecule has 1 aliphatic rings. The highest BCUT2D eigenvalue weighted by Gasteiger charge is 2.28. The predicted molar refractivity (Wildman–Crippen MR) is 112 cm³/mol. The normalized spacial score (nSPS) is 15.3. The number of halogens is 1. The molecule has 1 aliphatic carbocycles. The molecule has 1 unspecified atom stereocenters. The van der Waals surface area contributed by atoms with Gasteiger partial charge in [-0.2, -0.15) is 0 Å². The van der Waals surface area contributed by atoms with Crippen molar-refractivity contribution in [1.29, 1.82) is 0 Å². The van der Waals surface area contributed by atoms with Crippen LogP contribution in [0.2, 0.25) is 5.02 Å². The summed E-state index contributed by atoms with van der Waals surface area (Å²) in [4.78, 5) is 36.2. The molecule has 1 N–H and O–H groups in total. The molecule has 1 aromatic rings. The van der Waals surface area contributed by atoms with Crippen molar-refractivity contribution in [1.82, 2.24) is 5.32 Å². The van der Waals surface area contributed by atoms with Crippen LogP contribution in [-0.2, 0) is 19.1 Å². The van der Waals surface area contributed by atoms with Gasteiger partial charge in [-0.3, -0.25) is 9.59 Å². The highest BCUT2D eigenvalue weighted by atomic mass is 35.5. The Morgan fingerprint density at radius 3 is 2.37 bits per heavy atom. The van der Waals surface area contributed by atoms with E-state index in [-0.39, 0.29) is 30.8 Å². The zero-order valence-corrected chi connectivity index (χ0v) is 18.3. The average molecular weight is 440 g/mol. The Morgan fingerprint density at radius 2 is 1.73 bits per heavy atom. The molecule has 2 rings (SSSR count). The minimum atomic E-state index is -0.936. The van der Waals surface area contributed by atoms with Crippen molar-refractivity contribution in [3.8, 4) is 5.75 Å². The molecule has 8 heteroatoms. The van der Waals surface area contributed by atoms with Crippen molar-refractivity contribution in [3.05, 3.63) is 29.3 Å². The minimum Gasteiger partial charge on any atom is -0.427 e. The van der Waals surface area contributed by atoms with Crippen molar-refractivity contribution in [2.75, 3.05) is 6.54 Å². The van der Waals surface area contributed by atoms with Crippen LogP contribution in [0.15, 0.2) is 24.3 Å². The maximum atomic E-state index is 12.3. The fourth-order valence-electron chi connectivity index (χ4n) is 3.10. The van der Waals surface area contributed by atoms with E-state index in [0.717, 1.165) is 32.1 Å². The van der Waals surface area contributed by atoms with Gasteiger partial charge in [-0.1, -0.05) is 44.7 Å². The van der Waals surface area contributed by atoms with Crippen molar-refractivity contribution < 1.29 is 28.6 Å². The van der Waals surface area contributed by atoms with Gasteiger partial charge in [-0.25, -0.2) is 4.79 Å². The molecule has 1 atom stereocenters. The molecule has 1 fully saturated rings. The molecule has 1 amide bonds. The highest BCUT2D eigenvalue weighted by molar-refractivity contribution is 6.30. The van der Waals surface area contributed by atoms with Crippen LogP contribution in [0.25, 0.3) is 0 Å². The summed E-state index contributed by atoms with van der Waals surface area (Å²) in [5.74, 6) is -0.576. The predicted octanol–water partition coefficient (Wildman–Crippen LogP) is 4.86. The van der Waals surface area contributed by atoms with Gasteiger partial charge in [0.15, 0.2) is 0 Å². The van der Waals surface area contributed by atoms with E-state index in [1.807, 2.05) is 13.8 Å². The third-order valence-electron chi connectivity index (χ3n) is 4.81. The number of carbonyl (C=O) groups excluding carboxylic acids is 3. The van der Waals surface area contributed by atoms with Crippen molar-refractivity contribution in [2.24, 2.45) is 11.8 Å². The Balaban J connectivity index is 1.66. The number of rotatable bonds is 9. The Kier molecular flexibility index (Phi) is 9.94. The van der Waals surface area contributed by atoms with Gasteiger partial charge in [0.2, 0.25) is 0 Å². The SMILES string of the molecule is CC(C)C(OC(=O)NCCCC(=O)Oc1ccc(Cl)cc1)OC(=O)C1CCCCC1. The zero-order valence-electron chi connectivity index (χ0n) is 17.5. The number of alkyl carbamates (subject to hydrolysis) is 1. The van der Waals surface area contributed by atoms with Crippen LogP contribution in [0.1, 0.15) is 58.8 Å². The second-order valence-electron chi connectivity index (χ2n) is 7.75. The fourth-order valence-corrected chi connectivity index (χ4v) is 3.23. The molecule has 0 aromatic heterocycles. The van der Waals surface area contributed by atoms with E-state index in [1.165, 1.54) is 0 Å². The average Bonchev–Trinajstić information content (AvgIpc) is 2.73. The fraction of sp³-hybridized carbons (Fsp3) is 0.591. The lowest BCUT2D eigenvalue weighted by atomic mass is 9.89. The number of amides is 1. The first-order chi connectivity index (χ1) is 14.3. The van der Waals surface area contributed by atoms with Gasteiger partial charge in [0.05, 0.1) is 5.92 Å². The number of hydrogen-bond donors (Lipinski definition) is 1.